The van der Waals surface area contributed by atoms with Crippen molar-refractivity contribution >= 4 is 44.6 Å². The number of halogens is 1. The number of fused-ring (bicyclic) bond motifs is 1. The number of aromatic nitrogens is 2. The Bertz CT molecular complexity index is 907. The Morgan fingerprint density at radius 2 is 1.77 bits per heavy atom. The number of carbonyl (C=O) groups is 1. The molecule has 0 aliphatic heterocycles. The summed E-state index contributed by atoms with van der Waals surface area (Å²) in [6.45, 7) is 0. The summed E-state index contributed by atoms with van der Waals surface area (Å²) < 4.78 is 0.989. The van der Waals surface area contributed by atoms with Crippen molar-refractivity contribution in [1.29, 1.82) is 0 Å². The van der Waals surface area contributed by atoms with Gasteiger partial charge in [0.15, 0.2) is 0 Å². The molecule has 0 bridgehead atoms. The lowest BCUT2D eigenvalue weighted by molar-refractivity contribution is -0.111. The molecule has 1 amide bonds. The molecule has 3 N–H and O–H groups in total. The first-order valence-electron chi connectivity index (χ1n) is 6.57. The molecule has 0 atom stereocenters. The quantitative estimate of drug-likeness (QED) is 0.629. The third-order valence-corrected chi connectivity index (χ3v) is 3.61. The lowest BCUT2D eigenvalue weighted by Crippen LogP contribution is -2.07. The molecular formula is C16H12BrN3O2. The van der Waals surface area contributed by atoms with E-state index in [1.54, 1.807) is 24.3 Å². The molecule has 0 unspecified atom stereocenters. The molecule has 110 valence electrons. The van der Waals surface area contributed by atoms with E-state index in [-0.39, 0.29) is 11.6 Å². The van der Waals surface area contributed by atoms with E-state index < -0.39 is 0 Å². The average molecular weight is 358 g/mol. The first-order valence-corrected chi connectivity index (χ1v) is 7.36. The molecule has 1 heterocycles. The molecule has 3 rings (SSSR count). The Kier molecular flexibility index (Phi) is 3.93. The van der Waals surface area contributed by atoms with Gasteiger partial charge in [0.25, 0.3) is 0 Å². The molecule has 0 saturated heterocycles. The van der Waals surface area contributed by atoms with Crippen molar-refractivity contribution in [3.8, 4) is 0 Å². The van der Waals surface area contributed by atoms with Crippen molar-refractivity contribution < 1.29 is 4.79 Å². The number of amides is 1. The highest BCUT2D eigenvalue weighted by Gasteiger charge is 2.02. The number of anilines is 1. The van der Waals surface area contributed by atoms with E-state index in [0.29, 0.717) is 16.7 Å². The van der Waals surface area contributed by atoms with Gasteiger partial charge in [-0.2, -0.15) is 0 Å². The van der Waals surface area contributed by atoms with Crippen molar-refractivity contribution in [2.24, 2.45) is 0 Å². The second-order valence-electron chi connectivity index (χ2n) is 4.71. The third kappa shape index (κ3) is 3.35. The van der Waals surface area contributed by atoms with Crippen molar-refractivity contribution in [1.82, 2.24) is 9.97 Å². The van der Waals surface area contributed by atoms with Crippen molar-refractivity contribution in [2.75, 3.05) is 5.32 Å². The Balaban J connectivity index is 1.72. The van der Waals surface area contributed by atoms with Crippen LogP contribution < -0.4 is 11.0 Å². The summed E-state index contributed by atoms with van der Waals surface area (Å²) in [5, 5.41) is 2.75. The van der Waals surface area contributed by atoms with Gasteiger partial charge in [-0.05, 0) is 42.0 Å². The largest absolute Gasteiger partial charge is 0.323 e. The van der Waals surface area contributed by atoms with Crippen LogP contribution in [0.25, 0.3) is 17.1 Å². The highest BCUT2D eigenvalue weighted by Crippen LogP contribution is 2.15. The Morgan fingerprint density at radius 1 is 1.05 bits per heavy atom. The van der Waals surface area contributed by atoms with Gasteiger partial charge in [-0.3, -0.25) is 4.79 Å². The van der Waals surface area contributed by atoms with Crippen LogP contribution in [-0.4, -0.2) is 15.9 Å². The van der Waals surface area contributed by atoms with E-state index >= 15 is 0 Å². The van der Waals surface area contributed by atoms with Crippen molar-refractivity contribution in [3.05, 3.63) is 69.1 Å². The van der Waals surface area contributed by atoms with E-state index in [9.17, 15) is 9.59 Å². The van der Waals surface area contributed by atoms with Gasteiger partial charge in [0.05, 0.1) is 11.0 Å². The van der Waals surface area contributed by atoms with Gasteiger partial charge in [0.1, 0.15) is 0 Å². The molecule has 0 aliphatic rings. The zero-order chi connectivity index (χ0) is 15.5. The predicted octanol–water partition coefficient (Wildman–Crippen LogP) is 3.27. The smallest absolute Gasteiger partial charge is 0.322 e. The molecule has 0 aliphatic carbocycles. The second kappa shape index (κ2) is 6.03. The van der Waals surface area contributed by atoms with Crippen LogP contribution in [0.2, 0.25) is 0 Å². The lowest BCUT2D eigenvalue weighted by Gasteiger charge is -2.02. The topological polar surface area (TPSA) is 77.8 Å². The average Bonchev–Trinajstić information content (AvgIpc) is 2.86. The summed E-state index contributed by atoms with van der Waals surface area (Å²) in [5.41, 5.74) is 2.64. The van der Waals surface area contributed by atoms with Crippen LogP contribution in [-0.2, 0) is 4.79 Å². The maximum Gasteiger partial charge on any atom is 0.323 e. The number of rotatable bonds is 3. The zero-order valence-corrected chi connectivity index (χ0v) is 13.0. The summed E-state index contributed by atoms with van der Waals surface area (Å²) in [7, 11) is 0. The predicted molar refractivity (Wildman–Crippen MR) is 90.7 cm³/mol. The van der Waals surface area contributed by atoms with Gasteiger partial charge in [0.2, 0.25) is 5.91 Å². The molecule has 6 heteroatoms. The van der Waals surface area contributed by atoms with Gasteiger partial charge in [-0.15, -0.1) is 0 Å². The number of hydrogen-bond acceptors (Lipinski definition) is 2. The maximum atomic E-state index is 11.9. The maximum absolute atomic E-state index is 11.9. The number of imidazole rings is 1. The molecule has 0 spiro atoms. The van der Waals surface area contributed by atoms with Gasteiger partial charge in [-0.1, -0.05) is 28.1 Å². The summed E-state index contributed by atoms with van der Waals surface area (Å²) in [6.07, 6.45) is 3.20. The summed E-state index contributed by atoms with van der Waals surface area (Å²) in [4.78, 5) is 28.4. The number of nitrogens with one attached hydrogen (secondary N) is 3. The van der Waals surface area contributed by atoms with Crippen LogP contribution in [0, 0.1) is 0 Å². The number of carbonyl (C=O) groups excluding carboxylic acids is 1. The fraction of sp³-hybridized carbons (Fsp3) is 0. The minimum Gasteiger partial charge on any atom is -0.322 e. The van der Waals surface area contributed by atoms with Crippen molar-refractivity contribution in [2.45, 2.75) is 0 Å². The number of H-pyrrole nitrogens is 2. The number of benzene rings is 2. The van der Waals surface area contributed by atoms with Gasteiger partial charge in [0, 0.05) is 16.2 Å². The Hall–Kier alpha value is -2.60. The molecule has 2 aromatic carbocycles. The Labute approximate surface area is 134 Å². The van der Waals surface area contributed by atoms with Crippen LogP contribution in [0.4, 0.5) is 5.69 Å². The van der Waals surface area contributed by atoms with Crippen LogP contribution in [0.3, 0.4) is 0 Å². The molecule has 0 radical (unpaired) electrons. The summed E-state index contributed by atoms with van der Waals surface area (Å²) >= 11 is 3.36. The first-order chi connectivity index (χ1) is 10.6. The van der Waals surface area contributed by atoms with Crippen molar-refractivity contribution in [3.63, 3.8) is 0 Å². The molecule has 22 heavy (non-hydrogen) atoms. The van der Waals surface area contributed by atoms with Crippen LogP contribution in [0.5, 0.6) is 0 Å². The molecule has 3 aromatic rings. The second-order valence-corrected chi connectivity index (χ2v) is 5.63. The van der Waals surface area contributed by atoms with Crippen LogP contribution >= 0.6 is 15.9 Å². The van der Waals surface area contributed by atoms with E-state index in [1.165, 1.54) is 6.08 Å². The molecule has 0 fully saturated rings. The fourth-order valence-electron chi connectivity index (χ4n) is 2.04. The molecule has 5 nitrogen and oxygen atoms in total. The number of hydrogen-bond donors (Lipinski definition) is 3. The first kappa shape index (κ1) is 14.3. The molecule has 1 aromatic heterocycles. The van der Waals surface area contributed by atoms with Gasteiger partial charge in [-0.25, -0.2) is 4.79 Å². The van der Waals surface area contributed by atoms with Gasteiger partial charge >= 0.3 is 5.69 Å². The lowest BCUT2D eigenvalue weighted by atomic mass is 10.2. The van der Waals surface area contributed by atoms with E-state index in [2.05, 4.69) is 31.2 Å². The highest BCUT2D eigenvalue weighted by molar-refractivity contribution is 9.10. The van der Waals surface area contributed by atoms with E-state index in [4.69, 9.17) is 0 Å². The van der Waals surface area contributed by atoms with E-state index in [0.717, 1.165) is 10.0 Å². The molecular weight excluding hydrogens is 346 g/mol. The molecule has 0 saturated carbocycles. The normalized spacial score (nSPS) is 11.1. The minimum absolute atomic E-state index is 0.236. The van der Waals surface area contributed by atoms with Crippen LogP contribution in [0.15, 0.2) is 57.8 Å². The SMILES string of the molecule is O=C(/C=C/c1ccc(Br)cc1)Nc1ccc2[nH]c(=O)[nH]c2c1. The monoisotopic (exact) mass is 357 g/mol. The van der Waals surface area contributed by atoms with Gasteiger partial charge < -0.3 is 15.3 Å². The Morgan fingerprint density at radius 3 is 2.55 bits per heavy atom. The van der Waals surface area contributed by atoms with E-state index in [1.807, 2.05) is 24.3 Å². The summed E-state index contributed by atoms with van der Waals surface area (Å²) in [6, 6.07) is 12.8. The van der Waals surface area contributed by atoms with Crippen LogP contribution in [0.1, 0.15) is 5.56 Å². The zero-order valence-electron chi connectivity index (χ0n) is 11.4. The third-order valence-electron chi connectivity index (χ3n) is 3.08. The minimum atomic E-state index is -0.270. The highest BCUT2D eigenvalue weighted by atomic mass is 79.9. The summed E-state index contributed by atoms with van der Waals surface area (Å²) in [5.74, 6) is -0.236. The number of aromatic amines is 2. The fourth-order valence-corrected chi connectivity index (χ4v) is 2.30. The standard InChI is InChI=1S/C16H12BrN3O2/c17-11-4-1-10(2-5-11)3-8-15(21)18-12-6-7-13-14(9-12)20-16(22)19-13/h1-9H,(H,18,21)(H2,19,20,22)/b8-3+.